The maximum Gasteiger partial charge on any atom is 0.194 e. The molecule has 2 rings (SSSR count). The Hall–Kier alpha value is -1.20. The molecular formula is C10H7ClFN3S. The Balaban J connectivity index is 2.27. The highest BCUT2D eigenvalue weighted by Crippen LogP contribution is 2.26. The quantitative estimate of drug-likeness (QED) is 0.773. The summed E-state index contributed by atoms with van der Waals surface area (Å²) >= 11 is 6.67. The first-order chi connectivity index (χ1) is 7.65. The van der Waals surface area contributed by atoms with Crippen molar-refractivity contribution in [1.82, 2.24) is 15.0 Å². The highest BCUT2D eigenvalue weighted by atomic mass is 35.5. The summed E-state index contributed by atoms with van der Waals surface area (Å²) in [6.45, 7) is 1.84. The highest BCUT2D eigenvalue weighted by Gasteiger charge is 2.08. The van der Waals surface area contributed by atoms with Crippen molar-refractivity contribution in [2.45, 2.75) is 17.1 Å². The number of rotatable bonds is 2. The van der Waals surface area contributed by atoms with Gasteiger partial charge in [-0.05, 0) is 30.8 Å². The van der Waals surface area contributed by atoms with Crippen molar-refractivity contribution in [3.8, 4) is 0 Å². The van der Waals surface area contributed by atoms with Crippen molar-refractivity contribution in [3.05, 3.63) is 41.1 Å². The second-order valence-corrected chi connectivity index (χ2v) is 4.42. The number of halogens is 2. The van der Waals surface area contributed by atoms with Gasteiger partial charge in [0.15, 0.2) is 11.0 Å². The van der Waals surface area contributed by atoms with Gasteiger partial charge in [0.25, 0.3) is 0 Å². The van der Waals surface area contributed by atoms with Gasteiger partial charge >= 0.3 is 0 Å². The van der Waals surface area contributed by atoms with Crippen molar-refractivity contribution in [2.24, 2.45) is 0 Å². The van der Waals surface area contributed by atoms with Crippen LogP contribution in [-0.2, 0) is 0 Å². The highest BCUT2D eigenvalue weighted by molar-refractivity contribution is 7.99. The summed E-state index contributed by atoms with van der Waals surface area (Å²) in [7, 11) is 0. The molecular weight excluding hydrogens is 249 g/mol. The molecule has 0 unspecified atom stereocenters. The molecule has 0 atom stereocenters. The third-order valence-electron chi connectivity index (χ3n) is 1.73. The lowest BCUT2D eigenvalue weighted by Crippen LogP contribution is -1.91. The first-order valence-corrected chi connectivity index (χ1v) is 5.63. The number of hydrogen-bond acceptors (Lipinski definition) is 4. The molecule has 0 aliphatic carbocycles. The number of aromatic nitrogens is 3. The van der Waals surface area contributed by atoms with Crippen molar-refractivity contribution in [3.63, 3.8) is 0 Å². The summed E-state index contributed by atoms with van der Waals surface area (Å²) in [5.74, 6) is -0.470. The van der Waals surface area contributed by atoms with Crippen LogP contribution in [0.15, 0.2) is 34.7 Å². The van der Waals surface area contributed by atoms with Gasteiger partial charge in [-0.25, -0.2) is 19.3 Å². The lowest BCUT2D eigenvalue weighted by atomic mass is 10.5. The second-order valence-electron chi connectivity index (χ2n) is 3.02. The van der Waals surface area contributed by atoms with Gasteiger partial charge in [0.2, 0.25) is 0 Å². The fraction of sp³-hybridized carbons (Fsp3) is 0.100. The van der Waals surface area contributed by atoms with E-state index in [1.54, 1.807) is 12.3 Å². The Kier molecular flexibility index (Phi) is 3.36. The third kappa shape index (κ3) is 2.68. The van der Waals surface area contributed by atoms with E-state index in [2.05, 4.69) is 15.0 Å². The molecule has 0 radical (unpaired) electrons. The van der Waals surface area contributed by atoms with Crippen LogP contribution < -0.4 is 0 Å². The van der Waals surface area contributed by atoms with E-state index in [1.807, 2.05) is 6.92 Å². The molecule has 3 nitrogen and oxygen atoms in total. The van der Waals surface area contributed by atoms with Gasteiger partial charge in [0.05, 0.1) is 5.02 Å². The summed E-state index contributed by atoms with van der Waals surface area (Å²) in [4.78, 5) is 12.0. The standard InChI is InChI=1S/C10H7ClFN3S/c1-6-2-3-13-10(15-6)16-9-8(12)4-7(11)5-14-9/h2-5H,1H3. The van der Waals surface area contributed by atoms with Gasteiger partial charge in [-0.2, -0.15) is 0 Å². The summed E-state index contributed by atoms with van der Waals surface area (Å²) in [6, 6.07) is 2.99. The molecule has 0 bridgehead atoms. The maximum atomic E-state index is 13.4. The number of hydrogen-bond donors (Lipinski definition) is 0. The minimum atomic E-state index is -0.470. The maximum absolute atomic E-state index is 13.4. The first kappa shape index (κ1) is 11.3. The smallest absolute Gasteiger partial charge is 0.194 e. The van der Waals surface area contributed by atoms with Crippen molar-refractivity contribution in [1.29, 1.82) is 0 Å². The molecule has 0 amide bonds. The topological polar surface area (TPSA) is 38.7 Å². The molecule has 6 heteroatoms. The summed E-state index contributed by atoms with van der Waals surface area (Å²) < 4.78 is 13.4. The predicted molar refractivity (Wildman–Crippen MR) is 60.1 cm³/mol. The molecule has 0 fully saturated rings. The molecule has 0 aromatic carbocycles. The zero-order valence-corrected chi connectivity index (χ0v) is 9.89. The number of aryl methyl sites for hydroxylation is 1. The molecule has 82 valence electrons. The third-order valence-corrected chi connectivity index (χ3v) is 2.81. The van der Waals surface area contributed by atoms with Gasteiger partial charge < -0.3 is 0 Å². The second kappa shape index (κ2) is 4.76. The number of nitrogens with zero attached hydrogens (tertiary/aromatic N) is 3. The van der Waals surface area contributed by atoms with Crippen LogP contribution in [0.3, 0.4) is 0 Å². The summed E-state index contributed by atoms with van der Waals surface area (Å²) in [5, 5.41) is 0.954. The van der Waals surface area contributed by atoms with Crippen molar-refractivity contribution >= 4 is 23.4 Å². The SMILES string of the molecule is Cc1ccnc(Sc2ncc(Cl)cc2F)n1. The predicted octanol–water partition coefficient (Wildman–Crippen LogP) is 3.12. The average molecular weight is 256 g/mol. The molecule has 2 aromatic rings. The van der Waals surface area contributed by atoms with Crippen LogP contribution in [0.5, 0.6) is 0 Å². The van der Waals surface area contributed by atoms with E-state index in [0.717, 1.165) is 17.5 Å². The van der Waals surface area contributed by atoms with Crippen molar-refractivity contribution < 1.29 is 4.39 Å². The minimum absolute atomic E-state index is 0.218. The Morgan fingerprint density at radius 2 is 2.19 bits per heavy atom. The molecule has 0 saturated carbocycles. The van der Waals surface area contributed by atoms with E-state index >= 15 is 0 Å². The van der Waals surface area contributed by atoms with E-state index in [0.29, 0.717) is 5.16 Å². The van der Waals surface area contributed by atoms with Crippen LogP contribution in [-0.4, -0.2) is 15.0 Å². The summed E-state index contributed by atoms with van der Waals surface area (Å²) in [6.07, 6.45) is 3.02. The van der Waals surface area contributed by atoms with Gasteiger partial charge in [-0.3, -0.25) is 0 Å². The average Bonchev–Trinajstić information content (AvgIpc) is 2.22. The normalized spacial score (nSPS) is 10.4. The van der Waals surface area contributed by atoms with E-state index < -0.39 is 5.82 Å². The first-order valence-electron chi connectivity index (χ1n) is 4.44. The molecule has 0 aliphatic heterocycles. The van der Waals surface area contributed by atoms with Crippen LogP contribution >= 0.6 is 23.4 Å². The van der Waals surface area contributed by atoms with E-state index in [1.165, 1.54) is 12.3 Å². The lowest BCUT2D eigenvalue weighted by Gasteiger charge is -2.01. The number of pyridine rings is 1. The van der Waals surface area contributed by atoms with Gasteiger partial charge in [-0.1, -0.05) is 11.6 Å². The fourth-order valence-corrected chi connectivity index (χ4v) is 1.92. The largest absolute Gasteiger partial charge is 0.245 e. The Morgan fingerprint density at radius 1 is 1.38 bits per heavy atom. The molecule has 0 saturated heterocycles. The zero-order valence-electron chi connectivity index (χ0n) is 8.32. The van der Waals surface area contributed by atoms with Crippen LogP contribution in [0, 0.1) is 12.7 Å². The molecule has 2 heterocycles. The monoisotopic (exact) mass is 255 g/mol. The Bertz CT molecular complexity index is 521. The Labute approximate surface area is 101 Å². The van der Waals surface area contributed by atoms with E-state index in [9.17, 15) is 4.39 Å². The minimum Gasteiger partial charge on any atom is -0.245 e. The van der Waals surface area contributed by atoms with Crippen molar-refractivity contribution in [2.75, 3.05) is 0 Å². The summed E-state index contributed by atoms with van der Waals surface area (Å²) in [5.41, 5.74) is 0.826. The lowest BCUT2D eigenvalue weighted by molar-refractivity contribution is 0.587. The van der Waals surface area contributed by atoms with Crippen LogP contribution in [0.4, 0.5) is 4.39 Å². The molecule has 0 spiro atoms. The molecule has 0 aliphatic rings. The van der Waals surface area contributed by atoms with Gasteiger partial charge in [-0.15, -0.1) is 0 Å². The van der Waals surface area contributed by atoms with Crippen LogP contribution in [0.25, 0.3) is 0 Å². The van der Waals surface area contributed by atoms with Crippen LogP contribution in [0.1, 0.15) is 5.69 Å². The molecule has 16 heavy (non-hydrogen) atoms. The Morgan fingerprint density at radius 3 is 2.88 bits per heavy atom. The fourth-order valence-electron chi connectivity index (χ4n) is 1.04. The van der Waals surface area contributed by atoms with E-state index in [4.69, 9.17) is 11.6 Å². The van der Waals surface area contributed by atoms with Crippen LogP contribution in [0.2, 0.25) is 5.02 Å². The van der Waals surface area contributed by atoms with Gasteiger partial charge in [0.1, 0.15) is 5.03 Å². The zero-order chi connectivity index (χ0) is 11.5. The molecule has 0 N–H and O–H groups in total. The van der Waals surface area contributed by atoms with Gasteiger partial charge in [0, 0.05) is 18.1 Å². The van der Waals surface area contributed by atoms with E-state index in [-0.39, 0.29) is 10.0 Å². The molecule has 2 aromatic heterocycles.